The minimum Gasteiger partial charge on any atom is -0.335 e. The van der Waals surface area contributed by atoms with Gasteiger partial charge in [-0.25, -0.2) is 4.98 Å². The van der Waals surface area contributed by atoms with Gasteiger partial charge in [0.05, 0.1) is 21.7 Å². The van der Waals surface area contributed by atoms with Gasteiger partial charge < -0.3 is 4.90 Å². The fourth-order valence-corrected chi connectivity index (χ4v) is 3.33. The zero-order valence-electron chi connectivity index (χ0n) is 13.5. The maximum Gasteiger partial charge on any atom is 0.270 e. The highest BCUT2D eigenvalue weighted by Crippen LogP contribution is 2.22. The van der Waals surface area contributed by atoms with Gasteiger partial charge in [0.2, 0.25) is 5.91 Å². The summed E-state index contributed by atoms with van der Waals surface area (Å²) in [6.45, 7) is 0.414. The van der Waals surface area contributed by atoms with E-state index >= 15 is 0 Å². The van der Waals surface area contributed by atoms with Crippen LogP contribution in [-0.2, 0) is 11.3 Å². The highest BCUT2D eigenvalue weighted by molar-refractivity contribution is 7.18. The second kappa shape index (κ2) is 7.23. The van der Waals surface area contributed by atoms with Gasteiger partial charge >= 0.3 is 0 Å². The van der Waals surface area contributed by atoms with Crippen LogP contribution in [-0.4, -0.2) is 27.8 Å². The number of aromatic nitrogens is 1. The van der Waals surface area contributed by atoms with Crippen molar-refractivity contribution in [3.05, 3.63) is 75.3 Å². The van der Waals surface area contributed by atoms with Crippen LogP contribution in [0.15, 0.2) is 54.6 Å². The van der Waals surface area contributed by atoms with Crippen molar-refractivity contribution in [2.75, 3.05) is 7.05 Å². The Hall–Kier alpha value is -3.06. The lowest BCUT2D eigenvalue weighted by Gasteiger charge is -2.12. The fourth-order valence-electron chi connectivity index (χ4n) is 2.31. The van der Waals surface area contributed by atoms with E-state index in [0.717, 1.165) is 15.2 Å². The van der Waals surface area contributed by atoms with Crippen LogP contribution in [0.2, 0.25) is 0 Å². The predicted octanol–water partition coefficient (Wildman–Crippen LogP) is 3.88. The molecule has 0 unspecified atom stereocenters. The Morgan fingerprint density at radius 1 is 1.28 bits per heavy atom. The summed E-state index contributed by atoms with van der Waals surface area (Å²) in [5.74, 6) is -0.189. The van der Waals surface area contributed by atoms with Gasteiger partial charge in [-0.2, -0.15) is 0 Å². The van der Waals surface area contributed by atoms with E-state index < -0.39 is 4.92 Å². The van der Waals surface area contributed by atoms with E-state index in [2.05, 4.69) is 4.98 Å². The van der Waals surface area contributed by atoms with Crippen molar-refractivity contribution in [2.24, 2.45) is 0 Å². The minimum absolute atomic E-state index is 0.00238. The van der Waals surface area contributed by atoms with Gasteiger partial charge in [0.15, 0.2) is 0 Å². The molecule has 0 fully saturated rings. The van der Waals surface area contributed by atoms with E-state index in [0.29, 0.717) is 12.1 Å². The molecule has 0 N–H and O–H groups in total. The van der Waals surface area contributed by atoms with E-state index in [9.17, 15) is 14.9 Å². The number of carbonyl (C=O) groups excluding carboxylic acids is 1. The van der Waals surface area contributed by atoms with Crippen molar-refractivity contribution in [1.29, 1.82) is 0 Å². The highest BCUT2D eigenvalue weighted by Gasteiger charge is 2.10. The van der Waals surface area contributed by atoms with Crippen LogP contribution in [0.4, 0.5) is 5.69 Å². The lowest BCUT2D eigenvalue weighted by molar-refractivity contribution is -0.384. The maximum atomic E-state index is 12.2. The number of rotatable bonds is 5. The van der Waals surface area contributed by atoms with E-state index in [4.69, 9.17) is 0 Å². The molecule has 1 amide bonds. The molecule has 2 aromatic carbocycles. The molecular weight excluding hydrogens is 338 g/mol. The molecule has 0 aliphatic rings. The third-order valence-corrected chi connectivity index (χ3v) is 4.61. The second-order valence-electron chi connectivity index (χ2n) is 5.46. The number of nitro groups is 1. The molecule has 25 heavy (non-hydrogen) atoms. The van der Waals surface area contributed by atoms with Crippen LogP contribution in [0.5, 0.6) is 0 Å². The van der Waals surface area contributed by atoms with Gasteiger partial charge in [-0.05, 0) is 23.8 Å². The Bertz CT molecular complexity index is 932. The lowest BCUT2D eigenvalue weighted by atomic mass is 10.2. The second-order valence-corrected chi connectivity index (χ2v) is 6.57. The first-order valence-corrected chi connectivity index (χ1v) is 8.36. The van der Waals surface area contributed by atoms with Crippen molar-refractivity contribution < 1.29 is 9.72 Å². The van der Waals surface area contributed by atoms with Crippen molar-refractivity contribution in [3.8, 4) is 0 Å². The Kier molecular flexibility index (Phi) is 4.85. The fraction of sp³-hybridized carbons (Fsp3) is 0.111. The zero-order valence-corrected chi connectivity index (χ0v) is 14.3. The van der Waals surface area contributed by atoms with Crippen molar-refractivity contribution in [3.63, 3.8) is 0 Å². The van der Waals surface area contributed by atoms with Crippen molar-refractivity contribution in [2.45, 2.75) is 6.54 Å². The SMILES string of the molecule is CN(Cc1nc2ccccc2s1)C(=O)/C=C/c1cccc([N+](=O)[O-])c1. The van der Waals surface area contributed by atoms with Gasteiger partial charge in [0, 0.05) is 25.3 Å². The van der Waals surface area contributed by atoms with E-state index in [-0.39, 0.29) is 11.6 Å². The quantitative estimate of drug-likeness (QED) is 0.396. The molecule has 3 aromatic rings. The number of nitro benzene ring substituents is 1. The van der Waals surface area contributed by atoms with Crippen molar-refractivity contribution in [1.82, 2.24) is 9.88 Å². The monoisotopic (exact) mass is 353 g/mol. The Morgan fingerprint density at radius 3 is 2.84 bits per heavy atom. The first-order valence-electron chi connectivity index (χ1n) is 7.55. The summed E-state index contributed by atoms with van der Waals surface area (Å²) >= 11 is 1.56. The van der Waals surface area contributed by atoms with Gasteiger partial charge in [-0.3, -0.25) is 14.9 Å². The molecule has 0 bridgehead atoms. The molecule has 0 spiro atoms. The average Bonchev–Trinajstić information content (AvgIpc) is 3.02. The largest absolute Gasteiger partial charge is 0.335 e. The van der Waals surface area contributed by atoms with E-state index in [1.165, 1.54) is 18.2 Å². The first-order chi connectivity index (χ1) is 12.0. The summed E-state index contributed by atoms with van der Waals surface area (Å²) in [5, 5.41) is 11.6. The summed E-state index contributed by atoms with van der Waals surface area (Å²) in [6, 6.07) is 14.0. The number of hydrogen-bond acceptors (Lipinski definition) is 5. The average molecular weight is 353 g/mol. The molecule has 0 radical (unpaired) electrons. The maximum absolute atomic E-state index is 12.2. The summed E-state index contributed by atoms with van der Waals surface area (Å²) in [6.07, 6.45) is 2.98. The third-order valence-electron chi connectivity index (χ3n) is 3.59. The molecule has 0 atom stereocenters. The topological polar surface area (TPSA) is 76.3 Å². The van der Waals surface area contributed by atoms with Crippen LogP contribution in [0.25, 0.3) is 16.3 Å². The molecule has 1 aromatic heterocycles. The summed E-state index contributed by atoms with van der Waals surface area (Å²) in [7, 11) is 1.70. The summed E-state index contributed by atoms with van der Waals surface area (Å²) in [4.78, 5) is 28.6. The Morgan fingerprint density at radius 2 is 2.08 bits per heavy atom. The van der Waals surface area contributed by atoms with E-state index in [1.807, 2.05) is 24.3 Å². The molecule has 0 aliphatic heterocycles. The molecule has 1 heterocycles. The van der Waals surface area contributed by atoms with E-state index in [1.54, 1.807) is 41.5 Å². The summed E-state index contributed by atoms with van der Waals surface area (Å²) < 4.78 is 1.09. The number of likely N-dealkylation sites (N-methyl/N-ethyl adjacent to an activating group) is 1. The van der Waals surface area contributed by atoms with Gasteiger partial charge in [-0.15, -0.1) is 11.3 Å². The number of carbonyl (C=O) groups is 1. The predicted molar refractivity (Wildman–Crippen MR) is 98.2 cm³/mol. The molecule has 3 rings (SSSR count). The molecule has 126 valence electrons. The lowest BCUT2D eigenvalue weighted by Crippen LogP contribution is -2.23. The van der Waals surface area contributed by atoms with Crippen LogP contribution < -0.4 is 0 Å². The minimum atomic E-state index is -0.460. The number of benzene rings is 2. The van der Waals surface area contributed by atoms with Crippen molar-refractivity contribution >= 4 is 39.2 Å². The summed E-state index contributed by atoms with van der Waals surface area (Å²) in [5.41, 5.74) is 1.53. The number of hydrogen-bond donors (Lipinski definition) is 0. The zero-order chi connectivity index (χ0) is 17.8. The molecule has 0 aliphatic carbocycles. The first kappa shape index (κ1) is 16.8. The number of nitrogens with zero attached hydrogens (tertiary/aromatic N) is 3. The number of para-hydroxylation sites is 1. The molecule has 6 nitrogen and oxygen atoms in total. The molecule has 7 heteroatoms. The molecular formula is C18H15N3O3S. The highest BCUT2D eigenvalue weighted by atomic mass is 32.1. The van der Waals surface area contributed by atoms with Gasteiger partial charge in [0.25, 0.3) is 5.69 Å². The normalized spacial score (nSPS) is 11.1. The van der Waals surface area contributed by atoms with Crippen LogP contribution in [0.3, 0.4) is 0 Å². The van der Waals surface area contributed by atoms with Crippen LogP contribution in [0.1, 0.15) is 10.6 Å². The number of fused-ring (bicyclic) bond motifs is 1. The van der Waals surface area contributed by atoms with Crippen LogP contribution in [0, 0.1) is 10.1 Å². The third kappa shape index (κ3) is 4.07. The van der Waals surface area contributed by atoms with Gasteiger partial charge in [-0.1, -0.05) is 24.3 Å². The number of amides is 1. The smallest absolute Gasteiger partial charge is 0.270 e. The Balaban J connectivity index is 1.67. The molecule has 0 saturated heterocycles. The standard InChI is InChI=1S/C18H15N3O3S/c1-20(12-17-19-15-7-2-3-8-16(15)25-17)18(22)10-9-13-5-4-6-14(11-13)21(23)24/h2-11H,12H2,1H3/b10-9+. The molecule has 0 saturated carbocycles. The van der Waals surface area contributed by atoms with Gasteiger partial charge in [0.1, 0.15) is 5.01 Å². The number of thiazole rings is 1. The number of non-ortho nitro benzene ring substituents is 1. The van der Waals surface area contributed by atoms with Crippen LogP contribution >= 0.6 is 11.3 Å². The Labute approximate surface area is 148 Å².